The van der Waals surface area contributed by atoms with Crippen molar-refractivity contribution in [2.45, 2.75) is 66.3 Å². The summed E-state index contributed by atoms with van der Waals surface area (Å²) in [7, 11) is 0. The monoisotopic (exact) mass is 479 g/mol. The number of carboxylic acids is 1. The zero-order valence-electron chi connectivity index (χ0n) is 21.7. The van der Waals surface area contributed by atoms with Gasteiger partial charge in [0, 0.05) is 44.8 Å². The topological polar surface area (TPSA) is 82.1 Å². The van der Waals surface area contributed by atoms with Crippen molar-refractivity contribution >= 4 is 12.0 Å². The van der Waals surface area contributed by atoms with Gasteiger partial charge < -0.3 is 25.0 Å². The molecule has 2 aliphatic rings. The Balaban J connectivity index is 1.85. The number of aryl methyl sites for hydroxylation is 1. The van der Waals surface area contributed by atoms with E-state index in [0.29, 0.717) is 31.7 Å². The van der Waals surface area contributed by atoms with Gasteiger partial charge in [0.15, 0.2) is 6.10 Å². The standard InChI is InChI=1S/C28H37N3O4/c1-17-7-9-20(10-8-17)23-18(2)21-15-31(27(34)30-13-11-29-12-14-30)16-22(21)19(3)24(23)25(26(32)33)35-28(4,5)6/h7-10,25,29H,11-16H2,1-6H3,(H,32,33)/t25-/m0/s1. The van der Waals surface area contributed by atoms with Gasteiger partial charge >= 0.3 is 12.0 Å². The lowest BCUT2D eigenvalue weighted by molar-refractivity contribution is -0.160. The number of ether oxygens (including phenoxy) is 1. The number of carbonyl (C=O) groups excluding carboxylic acids is 1. The van der Waals surface area contributed by atoms with Gasteiger partial charge in [0.2, 0.25) is 0 Å². The molecular weight excluding hydrogens is 442 g/mol. The Morgan fingerprint density at radius 3 is 2.06 bits per heavy atom. The minimum atomic E-state index is -1.12. The van der Waals surface area contributed by atoms with Crippen molar-refractivity contribution < 1.29 is 19.4 Å². The van der Waals surface area contributed by atoms with E-state index in [2.05, 4.69) is 5.32 Å². The molecule has 7 nitrogen and oxygen atoms in total. The molecule has 2 N–H and O–H groups in total. The summed E-state index contributed by atoms with van der Waals surface area (Å²) in [5.74, 6) is -1.01. The molecule has 0 unspecified atom stereocenters. The van der Waals surface area contributed by atoms with Gasteiger partial charge in [-0.25, -0.2) is 9.59 Å². The molecule has 0 radical (unpaired) electrons. The Labute approximate surface area is 208 Å². The van der Waals surface area contributed by atoms with Crippen molar-refractivity contribution in [2.24, 2.45) is 0 Å². The number of hydrogen-bond donors (Lipinski definition) is 2. The zero-order valence-corrected chi connectivity index (χ0v) is 21.7. The predicted octanol–water partition coefficient (Wildman–Crippen LogP) is 4.56. The maximum absolute atomic E-state index is 13.3. The quantitative estimate of drug-likeness (QED) is 0.672. The van der Waals surface area contributed by atoms with Gasteiger partial charge in [0.1, 0.15) is 0 Å². The third kappa shape index (κ3) is 5.07. The fourth-order valence-corrected chi connectivity index (χ4v) is 5.22. The third-order valence-electron chi connectivity index (χ3n) is 6.97. The highest BCUT2D eigenvalue weighted by Gasteiger charge is 2.37. The first-order valence-electron chi connectivity index (χ1n) is 12.3. The van der Waals surface area contributed by atoms with Crippen LogP contribution in [0.25, 0.3) is 11.1 Å². The van der Waals surface area contributed by atoms with E-state index in [-0.39, 0.29) is 6.03 Å². The summed E-state index contributed by atoms with van der Waals surface area (Å²) in [6.07, 6.45) is -1.12. The first kappa shape index (κ1) is 25.2. The number of carbonyl (C=O) groups is 2. The molecule has 7 heteroatoms. The van der Waals surface area contributed by atoms with Crippen LogP contribution < -0.4 is 5.32 Å². The van der Waals surface area contributed by atoms with Crippen LogP contribution in [0.5, 0.6) is 0 Å². The van der Waals surface area contributed by atoms with Gasteiger partial charge in [-0.2, -0.15) is 0 Å². The van der Waals surface area contributed by atoms with Crippen molar-refractivity contribution in [1.82, 2.24) is 15.1 Å². The third-order valence-corrected chi connectivity index (χ3v) is 6.97. The van der Waals surface area contributed by atoms with Crippen molar-refractivity contribution in [1.29, 1.82) is 0 Å². The summed E-state index contributed by atoms with van der Waals surface area (Å²) in [6.45, 7) is 15.7. The largest absolute Gasteiger partial charge is 0.479 e. The Morgan fingerprint density at radius 2 is 1.51 bits per heavy atom. The Kier molecular flexibility index (Phi) is 6.93. The van der Waals surface area contributed by atoms with E-state index in [1.165, 1.54) is 0 Å². The number of rotatable bonds is 4. The van der Waals surface area contributed by atoms with E-state index in [9.17, 15) is 14.7 Å². The minimum Gasteiger partial charge on any atom is -0.479 e. The van der Waals surface area contributed by atoms with Crippen LogP contribution in [0.4, 0.5) is 4.79 Å². The van der Waals surface area contributed by atoms with Gasteiger partial charge in [-0.05, 0) is 74.9 Å². The van der Waals surface area contributed by atoms with Crippen LogP contribution in [0.2, 0.25) is 0 Å². The van der Waals surface area contributed by atoms with Gasteiger partial charge in [0.25, 0.3) is 0 Å². The number of amides is 2. The molecule has 2 aromatic carbocycles. The summed E-state index contributed by atoms with van der Waals surface area (Å²) in [6, 6.07) is 8.22. The summed E-state index contributed by atoms with van der Waals surface area (Å²) in [5, 5.41) is 13.6. The van der Waals surface area contributed by atoms with E-state index in [1.54, 1.807) is 0 Å². The SMILES string of the molecule is Cc1ccc(-c2c(C)c3c(c(C)c2[C@H](OC(C)(C)C)C(=O)O)CN(C(=O)N2CCNCC2)C3)cc1. The van der Waals surface area contributed by atoms with Gasteiger partial charge in [-0.15, -0.1) is 0 Å². The molecule has 188 valence electrons. The number of nitrogens with one attached hydrogen (secondary N) is 1. The van der Waals surface area contributed by atoms with Crippen LogP contribution in [0.3, 0.4) is 0 Å². The molecule has 0 saturated carbocycles. The number of benzene rings is 2. The average Bonchev–Trinajstić information content (AvgIpc) is 3.26. The van der Waals surface area contributed by atoms with Crippen molar-refractivity contribution in [3.8, 4) is 11.1 Å². The second kappa shape index (κ2) is 9.63. The molecule has 1 atom stereocenters. The van der Waals surface area contributed by atoms with Crippen LogP contribution in [-0.2, 0) is 22.6 Å². The summed E-state index contributed by atoms with van der Waals surface area (Å²) in [4.78, 5) is 29.6. The van der Waals surface area contributed by atoms with Crippen LogP contribution in [0.15, 0.2) is 24.3 Å². The highest BCUT2D eigenvalue weighted by Crippen LogP contribution is 2.43. The van der Waals surface area contributed by atoms with E-state index < -0.39 is 17.7 Å². The normalized spacial score (nSPS) is 16.9. The number of aliphatic carboxylic acids is 1. The van der Waals surface area contributed by atoms with Crippen molar-refractivity contribution in [3.05, 3.63) is 57.6 Å². The molecule has 0 aromatic heterocycles. The lowest BCUT2D eigenvalue weighted by Gasteiger charge is -2.31. The second-order valence-corrected chi connectivity index (χ2v) is 10.7. The van der Waals surface area contributed by atoms with E-state index in [4.69, 9.17) is 4.74 Å². The fraction of sp³-hybridized carbons (Fsp3) is 0.500. The Bertz CT molecular complexity index is 1130. The maximum Gasteiger partial charge on any atom is 0.337 e. The smallest absolute Gasteiger partial charge is 0.337 e. The lowest BCUT2D eigenvalue weighted by Crippen LogP contribution is -2.50. The molecule has 2 amide bonds. The molecule has 0 aliphatic carbocycles. The van der Waals surface area contributed by atoms with Crippen molar-refractivity contribution in [3.63, 3.8) is 0 Å². The van der Waals surface area contributed by atoms with Crippen LogP contribution in [0.1, 0.15) is 60.3 Å². The molecule has 4 rings (SSSR count). The number of urea groups is 1. The van der Waals surface area contributed by atoms with Crippen LogP contribution >= 0.6 is 0 Å². The highest BCUT2D eigenvalue weighted by molar-refractivity contribution is 5.85. The molecular formula is C28H37N3O4. The second-order valence-electron chi connectivity index (χ2n) is 10.7. The fourth-order valence-electron chi connectivity index (χ4n) is 5.22. The molecule has 35 heavy (non-hydrogen) atoms. The molecule has 0 spiro atoms. The summed E-state index contributed by atoms with van der Waals surface area (Å²) < 4.78 is 6.14. The van der Waals surface area contributed by atoms with Gasteiger partial charge in [0.05, 0.1) is 5.60 Å². The number of carboxylic acid groups (broad SMARTS) is 1. The van der Waals surface area contributed by atoms with Gasteiger partial charge in [-0.3, -0.25) is 0 Å². The lowest BCUT2D eigenvalue weighted by atomic mass is 9.83. The molecule has 2 aromatic rings. The van der Waals surface area contributed by atoms with Crippen molar-refractivity contribution in [2.75, 3.05) is 26.2 Å². The first-order chi connectivity index (χ1) is 16.5. The van der Waals surface area contributed by atoms with Crippen LogP contribution in [0, 0.1) is 20.8 Å². The Hall–Kier alpha value is -2.90. The molecule has 2 aliphatic heterocycles. The molecule has 2 heterocycles. The summed E-state index contributed by atoms with van der Waals surface area (Å²) in [5.41, 5.74) is 7.11. The number of piperazine rings is 1. The van der Waals surface area contributed by atoms with E-state index >= 15 is 0 Å². The Morgan fingerprint density at radius 1 is 0.943 bits per heavy atom. The molecule has 1 fully saturated rings. The number of nitrogens with zero attached hydrogens (tertiary/aromatic N) is 2. The molecule has 1 saturated heterocycles. The van der Waals surface area contributed by atoms with Crippen LogP contribution in [-0.4, -0.2) is 58.7 Å². The maximum atomic E-state index is 13.3. The summed E-state index contributed by atoms with van der Waals surface area (Å²) >= 11 is 0. The van der Waals surface area contributed by atoms with E-state index in [0.717, 1.165) is 52.0 Å². The molecule has 0 bridgehead atoms. The number of fused-ring (bicyclic) bond motifs is 1. The predicted molar refractivity (Wildman–Crippen MR) is 136 cm³/mol. The van der Waals surface area contributed by atoms with E-state index in [1.807, 2.05) is 75.6 Å². The minimum absolute atomic E-state index is 0.0423. The zero-order chi connectivity index (χ0) is 25.5. The highest BCUT2D eigenvalue weighted by atomic mass is 16.5. The number of hydrogen-bond acceptors (Lipinski definition) is 4. The first-order valence-corrected chi connectivity index (χ1v) is 12.3. The van der Waals surface area contributed by atoms with Gasteiger partial charge in [-0.1, -0.05) is 29.8 Å². The average molecular weight is 480 g/mol.